The lowest BCUT2D eigenvalue weighted by Gasteiger charge is -2.19. The van der Waals surface area contributed by atoms with Gasteiger partial charge in [0, 0.05) is 0 Å². The molecule has 4 rings (SSSR count). The van der Waals surface area contributed by atoms with Gasteiger partial charge in [-0.05, 0) is 32.3 Å². The third kappa shape index (κ3) is 2.05. The van der Waals surface area contributed by atoms with Crippen LogP contribution in [-0.2, 0) is 0 Å². The normalized spacial score (nSPS) is 11.3. The van der Waals surface area contributed by atoms with Gasteiger partial charge in [-0.25, -0.2) is 19.2 Å². The Balaban J connectivity index is 2.51. The van der Waals surface area contributed by atoms with Crippen molar-refractivity contribution in [3.8, 4) is 0 Å². The lowest BCUT2D eigenvalue weighted by Crippen LogP contribution is -2.14. The molecule has 0 amide bonds. The summed E-state index contributed by atoms with van der Waals surface area (Å²) in [6.07, 6.45) is 0. The Bertz CT molecular complexity index is 1160. The van der Waals surface area contributed by atoms with Gasteiger partial charge in [0.2, 0.25) is 0 Å². The maximum Gasteiger partial charge on any atom is 0.337 e. The van der Waals surface area contributed by atoms with Gasteiger partial charge in [0.15, 0.2) is 0 Å². The van der Waals surface area contributed by atoms with Crippen molar-refractivity contribution in [3.63, 3.8) is 0 Å². The number of hydrogen-bond donors (Lipinski definition) is 4. The molecule has 0 unspecified atom stereocenters. The smallest absolute Gasteiger partial charge is 0.337 e. The molecule has 0 fully saturated rings. The Morgan fingerprint density at radius 3 is 0.857 bits per heavy atom. The van der Waals surface area contributed by atoms with Crippen LogP contribution in [0.15, 0.2) is 36.4 Å². The highest BCUT2D eigenvalue weighted by Gasteiger charge is 2.30. The summed E-state index contributed by atoms with van der Waals surface area (Å²) in [5.41, 5.74) is -1.90. The quantitative estimate of drug-likeness (QED) is 0.395. The Labute approximate surface area is 155 Å². The predicted molar refractivity (Wildman–Crippen MR) is 98.0 cm³/mol. The van der Waals surface area contributed by atoms with Crippen LogP contribution in [0, 0.1) is 0 Å². The van der Waals surface area contributed by atoms with Gasteiger partial charge in [0.25, 0.3) is 0 Å². The maximum atomic E-state index is 11.9. The van der Waals surface area contributed by atoms with E-state index in [1.165, 1.54) is 36.4 Å². The van der Waals surface area contributed by atoms with Crippen LogP contribution in [0.25, 0.3) is 32.3 Å². The Hall–Kier alpha value is -4.20. The van der Waals surface area contributed by atoms with E-state index in [0.29, 0.717) is 0 Å². The monoisotopic (exact) mass is 378 g/mol. The molecule has 0 saturated carbocycles. The minimum atomic E-state index is -1.48. The zero-order valence-electron chi connectivity index (χ0n) is 13.9. The van der Waals surface area contributed by atoms with E-state index in [2.05, 4.69) is 0 Å². The lowest BCUT2D eigenvalue weighted by atomic mass is 9.83. The topological polar surface area (TPSA) is 149 Å². The number of carbonyl (C=O) groups is 4. The zero-order valence-corrected chi connectivity index (χ0v) is 13.9. The van der Waals surface area contributed by atoms with Gasteiger partial charge in [-0.2, -0.15) is 0 Å². The van der Waals surface area contributed by atoms with Crippen molar-refractivity contribution in [3.05, 3.63) is 58.7 Å². The van der Waals surface area contributed by atoms with Gasteiger partial charge < -0.3 is 20.4 Å². The third-order valence-corrected chi connectivity index (χ3v) is 4.81. The molecule has 138 valence electrons. The first-order valence-corrected chi connectivity index (χ1v) is 7.95. The highest BCUT2D eigenvalue weighted by Crippen LogP contribution is 2.42. The van der Waals surface area contributed by atoms with Gasteiger partial charge in [-0.1, -0.05) is 36.4 Å². The van der Waals surface area contributed by atoms with Gasteiger partial charge in [-0.15, -0.1) is 0 Å². The van der Waals surface area contributed by atoms with E-state index >= 15 is 0 Å². The number of aromatic carboxylic acids is 4. The number of hydrogen-bond acceptors (Lipinski definition) is 4. The molecule has 4 N–H and O–H groups in total. The highest BCUT2D eigenvalue weighted by molar-refractivity contribution is 6.36. The van der Waals surface area contributed by atoms with Crippen LogP contribution in [0.1, 0.15) is 41.4 Å². The molecular formula is C20H10O8. The first kappa shape index (κ1) is 17.2. The summed E-state index contributed by atoms with van der Waals surface area (Å²) in [5, 5.41) is 39.3. The fourth-order valence-electron chi connectivity index (χ4n) is 3.90. The van der Waals surface area contributed by atoms with Crippen LogP contribution >= 0.6 is 0 Å². The second-order valence-corrected chi connectivity index (χ2v) is 6.18. The molecule has 8 nitrogen and oxygen atoms in total. The molecule has 0 saturated heterocycles. The molecule has 8 heteroatoms. The number of carboxylic acids is 4. The summed E-state index contributed by atoms with van der Waals surface area (Å²) in [4.78, 5) is 47.6. The Kier molecular flexibility index (Phi) is 3.47. The third-order valence-electron chi connectivity index (χ3n) is 4.81. The van der Waals surface area contributed by atoms with E-state index in [0.717, 1.165) is 0 Å². The largest absolute Gasteiger partial charge is 0.478 e. The van der Waals surface area contributed by atoms with E-state index in [4.69, 9.17) is 0 Å². The van der Waals surface area contributed by atoms with E-state index in [9.17, 15) is 39.6 Å². The first-order chi connectivity index (χ1) is 13.3. The Morgan fingerprint density at radius 2 is 0.679 bits per heavy atom. The molecule has 4 aromatic carbocycles. The van der Waals surface area contributed by atoms with Gasteiger partial charge in [0.1, 0.15) is 0 Å². The fraction of sp³-hybridized carbons (Fsp3) is 0. The average molecular weight is 378 g/mol. The summed E-state index contributed by atoms with van der Waals surface area (Å²) in [6, 6.07) is 8.29. The number of rotatable bonds is 4. The number of benzene rings is 4. The molecule has 0 aliphatic heterocycles. The first-order valence-electron chi connectivity index (χ1n) is 7.95. The van der Waals surface area contributed by atoms with Crippen molar-refractivity contribution < 1.29 is 39.6 Å². The summed E-state index contributed by atoms with van der Waals surface area (Å²) in [5.74, 6) is -5.92. The van der Waals surface area contributed by atoms with Crippen molar-refractivity contribution >= 4 is 56.2 Å². The van der Waals surface area contributed by atoms with Gasteiger partial charge >= 0.3 is 23.9 Å². The maximum absolute atomic E-state index is 11.9. The molecular weight excluding hydrogens is 368 g/mol. The van der Waals surface area contributed by atoms with Gasteiger partial charge in [-0.3, -0.25) is 0 Å². The van der Waals surface area contributed by atoms with Crippen molar-refractivity contribution in [2.45, 2.75) is 0 Å². The van der Waals surface area contributed by atoms with E-state index in [1.807, 2.05) is 0 Å². The molecule has 0 spiro atoms. The van der Waals surface area contributed by atoms with Crippen LogP contribution in [0.2, 0.25) is 0 Å². The zero-order chi connectivity index (χ0) is 20.3. The minimum absolute atomic E-state index is 0.0329. The molecule has 0 aliphatic rings. The van der Waals surface area contributed by atoms with Crippen molar-refractivity contribution in [2.24, 2.45) is 0 Å². The highest BCUT2D eigenvalue weighted by atomic mass is 16.4. The summed E-state index contributed by atoms with van der Waals surface area (Å²) in [7, 11) is 0. The number of carboxylic acid groups (broad SMARTS) is 4. The summed E-state index contributed by atoms with van der Waals surface area (Å²) in [6.45, 7) is 0. The van der Waals surface area contributed by atoms with E-state index in [-0.39, 0.29) is 32.3 Å². The minimum Gasteiger partial charge on any atom is -0.478 e. The molecule has 0 heterocycles. The molecule has 0 aliphatic carbocycles. The van der Waals surface area contributed by atoms with Gasteiger partial charge in [0.05, 0.1) is 22.3 Å². The molecule has 0 atom stereocenters. The van der Waals surface area contributed by atoms with Crippen LogP contribution in [-0.4, -0.2) is 44.3 Å². The van der Waals surface area contributed by atoms with Crippen molar-refractivity contribution in [1.82, 2.24) is 0 Å². The van der Waals surface area contributed by atoms with Crippen LogP contribution in [0.3, 0.4) is 0 Å². The molecule has 0 bridgehead atoms. The van der Waals surface area contributed by atoms with E-state index < -0.39 is 46.1 Å². The average Bonchev–Trinajstić information content (AvgIpc) is 2.63. The van der Waals surface area contributed by atoms with Crippen LogP contribution in [0.4, 0.5) is 0 Å². The second kappa shape index (κ2) is 5.65. The Morgan fingerprint density at radius 1 is 0.464 bits per heavy atom. The fourth-order valence-corrected chi connectivity index (χ4v) is 3.90. The second-order valence-electron chi connectivity index (χ2n) is 6.18. The van der Waals surface area contributed by atoms with Crippen LogP contribution in [0.5, 0.6) is 0 Å². The summed E-state index contributed by atoms with van der Waals surface area (Å²) >= 11 is 0. The molecule has 28 heavy (non-hydrogen) atoms. The lowest BCUT2D eigenvalue weighted by molar-refractivity contribution is 0.0654. The summed E-state index contributed by atoms with van der Waals surface area (Å²) < 4.78 is 0. The SMILES string of the molecule is O=C(O)c1c(C(=O)O)c2cccc3c(C(=O)O)c(C(=O)O)c4cccc1c4c23. The predicted octanol–water partition coefficient (Wildman–Crippen LogP) is 3.38. The van der Waals surface area contributed by atoms with Crippen molar-refractivity contribution in [2.75, 3.05) is 0 Å². The van der Waals surface area contributed by atoms with Crippen molar-refractivity contribution in [1.29, 1.82) is 0 Å². The van der Waals surface area contributed by atoms with Crippen LogP contribution < -0.4 is 0 Å². The molecule has 0 aromatic heterocycles. The molecule has 0 radical (unpaired) electrons. The standard InChI is InChI=1S/C20H10O8/c21-17(22)13-7-3-1-4-8-11(7)12-9(15(13)19(25)26)5-2-6-10(12)16(20(27)28)14(8)18(23)24/h1-6H,(H,21,22)(H,23,24)(H,25,26)(H,27,28). The van der Waals surface area contributed by atoms with E-state index in [1.54, 1.807) is 0 Å². The molecule has 4 aromatic rings.